The highest BCUT2D eigenvalue weighted by molar-refractivity contribution is 5.82. The van der Waals surface area contributed by atoms with E-state index in [-0.39, 0.29) is 18.0 Å². The fraction of sp³-hybridized carbons (Fsp3) is 0.438. The fourth-order valence-electron chi connectivity index (χ4n) is 3.26. The van der Waals surface area contributed by atoms with Gasteiger partial charge < -0.3 is 15.6 Å². The minimum absolute atomic E-state index is 0.0571. The number of carbonyl (C=O) groups excluding carboxylic acids is 1. The Morgan fingerprint density at radius 2 is 2.19 bits per heavy atom. The van der Waals surface area contributed by atoms with Crippen LogP contribution in [0.25, 0.3) is 10.9 Å². The van der Waals surface area contributed by atoms with Gasteiger partial charge in [-0.25, -0.2) is 0 Å². The number of likely N-dealkylation sites (N-methyl/N-ethyl adjacent to an activating group) is 1. The van der Waals surface area contributed by atoms with Crippen LogP contribution in [0.3, 0.4) is 0 Å². The van der Waals surface area contributed by atoms with E-state index >= 15 is 0 Å². The smallest absolute Gasteiger partial charge is 0.237 e. The van der Waals surface area contributed by atoms with Gasteiger partial charge in [0.15, 0.2) is 0 Å². The Balaban J connectivity index is 1.87. The molecule has 2 aromatic rings. The summed E-state index contributed by atoms with van der Waals surface area (Å²) in [5, 5.41) is 3.97. The zero-order chi connectivity index (χ0) is 15.0. The Kier molecular flexibility index (Phi) is 3.69. The molecule has 0 spiro atoms. The summed E-state index contributed by atoms with van der Waals surface area (Å²) in [5.74, 6) is 0.0571. The third-order valence-electron chi connectivity index (χ3n) is 4.40. The van der Waals surface area contributed by atoms with E-state index in [1.165, 1.54) is 16.6 Å². The van der Waals surface area contributed by atoms with Crippen molar-refractivity contribution in [2.24, 2.45) is 12.8 Å². The van der Waals surface area contributed by atoms with Crippen molar-refractivity contribution in [1.82, 2.24) is 14.8 Å². The molecule has 1 aromatic carbocycles. The van der Waals surface area contributed by atoms with Crippen LogP contribution in [0.4, 0.5) is 0 Å². The first-order valence-electron chi connectivity index (χ1n) is 7.34. The minimum atomic E-state index is -0.122. The molecule has 0 bridgehead atoms. The third kappa shape index (κ3) is 2.54. The first-order chi connectivity index (χ1) is 10.1. The summed E-state index contributed by atoms with van der Waals surface area (Å²) in [6, 6.07) is 10.5. The van der Waals surface area contributed by atoms with E-state index in [4.69, 9.17) is 5.73 Å². The zero-order valence-electron chi connectivity index (χ0n) is 12.5. The molecule has 0 unspecified atom stereocenters. The Morgan fingerprint density at radius 3 is 2.90 bits per heavy atom. The molecule has 0 saturated carbocycles. The number of carbonyl (C=O) groups is 1. The standard InChI is InChI=1S/C16H22N4O/c1-18-16(21)15-8-12(17)9-20(15)10-13-7-11-5-3-4-6-14(11)19(13)2/h3-7,12,15H,8-10,17H2,1-2H3,(H,18,21)/t12-,15+/m1/s1. The van der Waals surface area contributed by atoms with Crippen LogP contribution in [0.15, 0.2) is 30.3 Å². The average molecular weight is 286 g/mol. The molecular weight excluding hydrogens is 264 g/mol. The Hall–Kier alpha value is -1.85. The summed E-state index contributed by atoms with van der Waals surface area (Å²) in [7, 11) is 3.75. The van der Waals surface area contributed by atoms with Crippen molar-refractivity contribution >= 4 is 16.8 Å². The normalized spacial score (nSPS) is 22.8. The maximum atomic E-state index is 12.0. The number of aromatic nitrogens is 1. The number of rotatable bonds is 3. The number of nitrogens with two attached hydrogens (primary N) is 1. The molecule has 2 heterocycles. The van der Waals surface area contributed by atoms with Gasteiger partial charge in [0, 0.05) is 44.4 Å². The van der Waals surface area contributed by atoms with Crippen molar-refractivity contribution in [2.45, 2.75) is 25.0 Å². The van der Waals surface area contributed by atoms with Crippen LogP contribution >= 0.6 is 0 Å². The predicted octanol–water partition coefficient (Wildman–Crippen LogP) is 0.826. The summed E-state index contributed by atoms with van der Waals surface area (Å²) in [4.78, 5) is 14.2. The molecular formula is C16H22N4O. The maximum absolute atomic E-state index is 12.0. The van der Waals surface area contributed by atoms with Crippen molar-refractivity contribution in [3.05, 3.63) is 36.0 Å². The molecule has 0 radical (unpaired) electrons. The molecule has 1 aromatic heterocycles. The van der Waals surface area contributed by atoms with E-state index in [1.54, 1.807) is 7.05 Å². The Bertz CT molecular complexity index is 663. The summed E-state index contributed by atoms with van der Waals surface area (Å²) < 4.78 is 2.19. The van der Waals surface area contributed by atoms with Crippen molar-refractivity contribution in [3.8, 4) is 0 Å². The molecule has 1 saturated heterocycles. The number of nitrogens with zero attached hydrogens (tertiary/aromatic N) is 2. The van der Waals surface area contributed by atoms with Crippen LogP contribution in [-0.4, -0.2) is 41.1 Å². The number of amides is 1. The van der Waals surface area contributed by atoms with E-state index < -0.39 is 0 Å². The number of hydrogen-bond acceptors (Lipinski definition) is 3. The second-order valence-corrected chi connectivity index (χ2v) is 5.81. The van der Waals surface area contributed by atoms with E-state index in [1.807, 2.05) is 12.1 Å². The quantitative estimate of drug-likeness (QED) is 0.878. The van der Waals surface area contributed by atoms with Gasteiger partial charge in [-0.3, -0.25) is 9.69 Å². The lowest BCUT2D eigenvalue weighted by Crippen LogP contribution is -2.41. The van der Waals surface area contributed by atoms with Crippen molar-refractivity contribution in [2.75, 3.05) is 13.6 Å². The first-order valence-corrected chi connectivity index (χ1v) is 7.34. The van der Waals surface area contributed by atoms with Crippen LogP contribution in [0.1, 0.15) is 12.1 Å². The number of benzene rings is 1. The molecule has 3 rings (SSSR count). The van der Waals surface area contributed by atoms with Crippen LogP contribution < -0.4 is 11.1 Å². The van der Waals surface area contributed by atoms with Gasteiger partial charge in [0.25, 0.3) is 0 Å². The zero-order valence-corrected chi connectivity index (χ0v) is 12.5. The number of hydrogen-bond donors (Lipinski definition) is 2. The topological polar surface area (TPSA) is 63.3 Å². The highest BCUT2D eigenvalue weighted by Crippen LogP contribution is 2.23. The van der Waals surface area contributed by atoms with Crippen molar-refractivity contribution < 1.29 is 4.79 Å². The Morgan fingerprint density at radius 1 is 1.43 bits per heavy atom. The summed E-state index contributed by atoms with van der Waals surface area (Å²) >= 11 is 0. The molecule has 1 amide bonds. The molecule has 5 nitrogen and oxygen atoms in total. The first kappa shape index (κ1) is 14.1. The van der Waals surface area contributed by atoms with Gasteiger partial charge in [-0.1, -0.05) is 18.2 Å². The van der Waals surface area contributed by atoms with Gasteiger partial charge in [0.2, 0.25) is 5.91 Å². The third-order valence-corrected chi connectivity index (χ3v) is 4.40. The van der Waals surface area contributed by atoms with Crippen LogP contribution in [0, 0.1) is 0 Å². The lowest BCUT2D eigenvalue weighted by atomic mass is 10.1. The number of likely N-dealkylation sites (tertiary alicyclic amines) is 1. The molecule has 1 fully saturated rings. The highest BCUT2D eigenvalue weighted by Gasteiger charge is 2.34. The van der Waals surface area contributed by atoms with Crippen LogP contribution in [0.2, 0.25) is 0 Å². The van der Waals surface area contributed by atoms with Gasteiger partial charge in [-0.15, -0.1) is 0 Å². The Labute approximate surface area is 124 Å². The molecule has 1 aliphatic rings. The highest BCUT2D eigenvalue weighted by atomic mass is 16.2. The van der Waals surface area contributed by atoms with Gasteiger partial charge in [-0.05, 0) is 23.9 Å². The minimum Gasteiger partial charge on any atom is -0.358 e. The SMILES string of the molecule is CNC(=O)[C@@H]1C[C@@H](N)CN1Cc1cc2ccccc2n1C. The second-order valence-electron chi connectivity index (χ2n) is 5.81. The summed E-state index contributed by atoms with van der Waals surface area (Å²) in [5.41, 5.74) is 8.47. The lowest BCUT2D eigenvalue weighted by molar-refractivity contribution is -0.125. The van der Waals surface area contributed by atoms with Gasteiger partial charge in [0.05, 0.1) is 6.04 Å². The van der Waals surface area contributed by atoms with Crippen LogP contribution in [0.5, 0.6) is 0 Å². The largest absolute Gasteiger partial charge is 0.358 e. The summed E-state index contributed by atoms with van der Waals surface area (Å²) in [6.07, 6.45) is 0.726. The fourth-order valence-corrected chi connectivity index (χ4v) is 3.26. The van der Waals surface area contributed by atoms with E-state index in [9.17, 15) is 4.79 Å². The van der Waals surface area contributed by atoms with Crippen molar-refractivity contribution in [1.29, 1.82) is 0 Å². The van der Waals surface area contributed by atoms with Gasteiger partial charge in [-0.2, -0.15) is 0 Å². The van der Waals surface area contributed by atoms with Gasteiger partial charge >= 0.3 is 0 Å². The molecule has 21 heavy (non-hydrogen) atoms. The molecule has 0 aliphatic carbocycles. The molecule has 5 heteroatoms. The molecule has 3 N–H and O–H groups in total. The van der Waals surface area contributed by atoms with E-state index in [0.29, 0.717) is 0 Å². The molecule has 112 valence electrons. The summed E-state index contributed by atoms with van der Waals surface area (Å²) in [6.45, 7) is 1.51. The van der Waals surface area contributed by atoms with Crippen LogP contribution in [-0.2, 0) is 18.4 Å². The van der Waals surface area contributed by atoms with E-state index in [0.717, 1.165) is 19.5 Å². The maximum Gasteiger partial charge on any atom is 0.237 e. The number of fused-ring (bicyclic) bond motifs is 1. The second kappa shape index (κ2) is 5.50. The predicted molar refractivity (Wildman–Crippen MR) is 83.8 cm³/mol. The van der Waals surface area contributed by atoms with Crippen molar-refractivity contribution in [3.63, 3.8) is 0 Å². The van der Waals surface area contributed by atoms with Gasteiger partial charge in [0.1, 0.15) is 0 Å². The number of nitrogens with one attached hydrogen (secondary N) is 1. The number of aryl methyl sites for hydroxylation is 1. The number of para-hydroxylation sites is 1. The molecule has 1 aliphatic heterocycles. The average Bonchev–Trinajstić information content (AvgIpc) is 3.00. The van der Waals surface area contributed by atoms with E-state index in [2.05, 4.69) is 40.0 Å². The lowest BCUT2D eigenvalue weighted by Gasteiger charge is -2.23. The monoisotopic (exact) mass is 286 g/mol. The molecule has 2 atom stereocenters.